The molecule has 4 nitrogen and oxygen atoms in total. The normalized spacial score (nSPS) is 14.4. The van der Waals surface area contributed by atoms with Crippen LogP contribution in [-0.4, -0.2) is 29.4 Å². The van der Waals surface area contributed by atoms with E-state index in [4.69, 9.17) is 4.74 Å². The third-order valence-corrected chi connectivity index (χ3v) is 4.68. The Morgan fingerprint density at radius 3 is 2.35 bits per heavy atom. The second kappa shape index (κ2) is 10.3. The minimum absolute atomic E-state index is 0.127. The van der Waals surface area contributed by atoms with Gasteiger partial charge in [0.25, 0.3) is 0 Å². The van der Waals surface area contributed by atoms with E-state index >= 15 is 0 Å². The van der Waals surface area contributed by atoms with E-state index in [-0.39, 0.29) is 13.0 Å². The maximum absolute atomic E-state index is 11.5. The summed E-state index contributed by atoms with van der Waals surface area (Å²) in [5.74, 6) is -0.333. The van der Waals surface area contributed by atoms with E-state index < -0.39 is 17.9 Å². The molecule has 1 aliphatic rings. The zero-order chi connectivity index (χ0) is 17.2. The van der Waals surface area contributed by atoms with Gasteiger partial charge in [-0.05, 0) is 43.4 Å². The minimum atomic E-state index is -0.999. The van der Waals surface area contributed by atoms with Gasteiger partial charge in [-0.2, -0.15) is 0 Å². The summed E-state index contributed by atoms with van der Waals surface area (Å²) in [6.45, 7) is 5.97. The van der Waals surface area contributed by atoms with Gasteiger partial charge < -0.3 is 9.84 Å². The first kappa shape index (κ1) is 19.6. The summed E-state index contributed by atoms with van der Waals surface area (Å²) in [5.41, 5.74) is 0.645. The molecule has 1 aliphatic carbocycles. The fourth-order valence-electron chi connectivity index (χ4n) is 2.03. The highest BCUT2D eigenvalue weighted by molar-refractivity contribution is 7.99. The first-order valence-electron chi connectivity index (χ1n) is 8.21. The number of carbonyl (C=O) groups is 2. The van der Waals surface area contributed by atoms with Crippen molar-refractivity contribution in [1.82, 2.24) is 0 Å². The van der Waals surface area contributed by atoms with Gasteiger partial charge >= 0.3 is 11.9 Å². The van der Waals surface area contributed by atoms with Crippen LogP contribution in [-0.2, 0) is 14.3 Å². The van der Waals surface area contributed by atoms with Crippen molar-refractivity contribution in [2.45, 2.75) is 50.8 Å². The number of thioether (sulfide) groups is 1. The lowest BCUT2D eigenvalue weighted by Gasteiger charge is -2.12. The van der Waals surface area contributed by atoms with Crippen molar-refractivity contribution >= 4 is 23.7 Å². The van der Waals surface area contributed by atoms with Crippen LogP contribution in [0.2, 0.25) is 0 Å². The summed E-state index contributed by atoms with van der Waals surface area (Å²) in [5, 5.41) is 9.28. The molecule has 5 heteroatoms. The molecular formula is C18H26O4S. The van der Waals surface area contributed by atoms with E-state index in [1.54, 1.807) is 30.8 Å². The molecule has 1 saturated carbocycles. The summed E-state index contributed by atoms with van der Waals surface area (Å²) >= 11 is 1.80. The second-order valence-corrected chi connectivity index (χ2v) is 6.32. The molecule has 1 atom stereocenters. The van der Waals surface area contributed by atoms with Crippen LogP contribution in [0.1, 0.15) is 51.5 Å². The van der Waals surface area contributed by atoms with Crippen LogP contribution in [0.3, 0.4) is 0 Å². The number of hydrogen-bond acceptors (Lipinski definition) is 4. The van der Waals surface area contributed by atoms with Gasteiger partial charge in [0.2, 0.25) is 0 Å². The quantitative estimate of drug-likeness (QED) is 0.564. The molecule has 0 bridgehead atoms. The number of carboxylic acids is 1. The highest BCUT2D eigenvalue weighted by Crippen LogP contribution is 2.35. The first-order valence-corrected chi connectivity index (χ1v) is 9.20. The standard InChI is InChI=1S/C16H20O4S.C2H6/c1-2-20-15(17)9-14(16(18)19)12-5-7-13(8-6-12)21-10-11-3-4-11;1-2/h5-8,11,14H,2-4,9-10H2,1H3,(H,18,19);1-2H3. The predicted octanol–water partition coefficient (Wildman–Crippen LogP) is 4.34. The Balaban J connectivity index is 0.00000127. The molecule has 1 aromatic carbocycles. The van der Waals surface area contributed by atoms with Gasteiger partial charge in [-0.15, -0.1) is 11.8 Å². The fourth-order valence-corrected chi connectivity index (χ4v) is 3.12. The highest BCUT2D eigenvalue weighted by Gasteiger charge is 2.24. The summed E-state index contributed by atoms with van der Waals surface area (Å²) in [7, 11) is 0. The van der Waals surface area contributed by atoms with E-state index in [1.807, 2.05) is 26.0 Å². The molecule has 128 valence electrons. The molecule has 0 spiro atoms. The van der Waals surface area contributed by atoms with Crippen LogP contribution in [0.25, 0.3) is 0 Å². The lowest BCUT2D eigenvalue weighted by Crippen LogP contribution is -2.17. The Bertz CT molecular complexity index is 494. The summed E-state index contributed by atoms with van der Waals surface area (Å²) in [4.78, 5) is 24.0. The molecule has 2 rings (SSSR count). The summed E-state index contributed by atoms with van der Waals surface area (Å²) in [6.07, 6.45) is 2.52. The number of aliphatic carboxylic acids is 1. The monoisotopic (exact) mass is 338 g/mol. The van der Waals surface area contributed by atoms with E-state index in [2.05, 4.69) is 0 Å². The van der Waals surface area contributed by atoms with Crippen molar-refractivity contribution in [2.75, 3.05) is 12.4 Å². The molecule has 23 heavy (non-hydrogen) atoms. The van der Waals surface area contributed by atoms with E-state index in [0.29, 0.717) is 5.56 Å². The molecule has 0 heterocycles. The van der Waals surface area contributed by atoms with Crippen LogP contribution in [0.4, 0.5) is 0 Å². The average Bonchev–Trinajstić information content (AvgIpc) is 3.38. The van der Waals surface area contributed by atoms with Gasteiger partial charge in [0.1, 0.15) is 0 Å². The van der Waals surface area contributed by atoms with Crippen LogP contribution in [0, 0.1) is 5.92 Å². The number of carboxylic acid groups (broad SMARTS) is 1. The highest BCUT2D eigenvalue weighted by atomic mass is 32.2. The first-order chi connectivity index (χ1) is 11.1. The molecule has 0 saturated heterocycles. The average molecular weight is 338 g/mol. The van der Waals surface area contributed by atoms with Crippen molar-refractivity contribution in [3.63, 3.8) is 0 Å². The predicted molar refractivity (Wildman–Crippen MR) is 92.9 cm³/mol. The maximum Gasteiger partial charge on any atom is 0.311 e. The Morgan fingerprint density at radius 1 is 1.26 bits per heavy atom. The molecule has 1 N–H and O–H groups in total. The molecule has 1 fully saturated rings. The largest absolute Gasteiger partial charge is 0.481 e. The van der Waals surface area contributed by atoms with Crippen LogP contribution < -0.4 is 0 Å². The molecule has 0 aromatic heterocycles. The molecular weight excluding hydrogens is 312 g/mol. The third kappa shape index (κ3) is 7.08. The van der Waals surface area contributed by atoms with Crippen molar-refractivity contribution < 1.29 is 19.4 Å². The fraction of sp³-hybridized carbons (Fsp3) is 0.556. The van der Waals surface area contributed by atoms with Crippen LogP contribution in [0.15, 0.2) is 29.2 Å². The maximum atomic E-state index is 11.5. The summed E-state index contributed by atoms with van der Waals surface area (Å²) in [6, 6.07) is 7.47. The van der Waals surface area contributed by atoms with Crippen LogP contribution >= 0.6 is 11.8 Å². The van der Waals surface area contributed by atoms with Gasteiger partial charge in [0.15, 0.2) is 0 Å². The lowest BCUT2D eigenvalue weighted by atomic mass is 9.96. The molecule has 1 unspecified atom stereocenters. The number of rotatable bonds is 8. The zero-order valence-electron chi connectivity index (χ0n) is 14.1. The second-order valence-electron chi connectivity index (χ2n) is 5.22. The Kier molecular flexibility index (Phi) is 8.77. The lowest BCUT2D eigenvalue weighted by molar-refractivity contribution is -0.148. The Morgan fingerprint density at radius 2 is 1.87 bits per heavy atom. The number of esters is 1. The molecule has 1 aromatic rings. The zero-order valence-corrected chi connectivity index (χ0v) is 14.9. The van der Waals surface area contributed by atoms with Gasteiger partial charge in [0.05, 0.1) is 18.9 Å². The summed E-state index contributed by atoms with van der Waals surface area (Å²) < 4.78 is 4.83. The van der Waals surface area contributed by atoms with Gasteiger partial charge in [-0.1, -0.05) is 26.0 Å². The minimum Gasteiger partial charge on any atom is -0.481 e. The van der Waals surface area contributed by atoms with E-state index in [1.165, 1.54) is 12.8 Å². The van der Waals surface area contributed by atoms with E-state index in [0.717, 1.165) is 16.6 Å². The van der Waals surface area contributed by atoms with Gasteiger partial charge in [-0.3, -0.25) is 9.59 Å². The van der Waals surface area contributed by atoms with Gasteiger partial charge in [0, 0.05) is 10.6 Å². The number of carbonyl (C=O) groups excluding carboxylic acids is 1. The van der Waals surface area contributed by atoms with Crippen LogP contribution in [0.5, 0.6) is 0 Å². The van der Waals surface area contributed by atoms with Crippen molar-refractivity contribution in [1.29, 1.82) is 0 Å². The third-order valence-electron chi connectivity index (χ3n) is 3.44. The molecule has 0 amide bonds. The smallest absolute Gasteiger partial charge is 0.311 e. The van der Waals surface area contributed by atoms with E-state index in [9.17, 15) is 14.7 Å². The number of ether oxygens (including phenoxy) is 1. The molecule has 0 aliphatic heterocycles. The molecule has 0 radical (unpaired) electrons. The Hall–Kier alpha value is -1.49. The van der Waals surface area contributed by atoms with Gasteiger partial charge in [-0.25, -0.2) is 0 Å². The van der Waals surface area contributed by atoms with Crippen molar-refractivity contribution in [2.24, 2.45) is 5.92 Å². The SMILES string of the molecule is CC.CCOC(=O)CC(C(=O)O)c1ccc(SCC2CC2)cc1. The Labute approximate surface area is 142 Å². The van der Waals surface area contributed by atoms with Crippen molar-refractivity contribution in [3.8, 4) is 0 Å². The number of benzene rings is 1. The van der Waals surface area contributed by atoms with Crippen molar-refractivity contribution in [3.05, 3.63) is 29.8 Å². The number of hydrogen-bond donors (Lipinski definition) is 1. The topological polar surface area (TPSA) is 63.6 Å².